The Morgan fingerprint density at radius 2 is 2.17 bits per heavy atom. The van der Waals surface area contributed by atoms with Crippen molar-refractivity contribution < 1.29 is 10.3 Å². The van der Waals surface area contributed by atoms with Gasteiger partial charge >= 0.3 is 0 Å². The molecule has 18 heavy (non-hydrogen) atoms. The minimum absolute atomic E-state index is 0.118. The molecule has 0 heterocycles. The highest BCUT2D eigenvalue weighted by Gasteiger charge is 2.07. The fourth-order valence-corrected chi connectivity index (χ4v) is 1.82. The van der Waals surface area contributed by atoms with Gasteiger partial charge in [0.2, 0.25) is 0 Å². The number of rotatable bonds is 6. The maximum absolute atomic E-state index is 8.96. The predicted molar refractivity (Wildman–Crippen MR) is 71.7 cm³/mol. The highest BCUT2D eigenvalue weighted by molar-refractivity contribution is 5.97. The van der Waals surface area contributed by atoms with Gasteiger partial charge in [-0.15, -0.1) is 0 Å². The molecule has 0 saturated heterocycles. The fraction of sp³-hybridized carbons (Fsp3) is 0.462. The van der Waals surface area contributed by atoms with Crippen molar-refractivity contribution in [1.82, 2.24) is 4.90 Å². The normalized spacial score (nSPS) is 12.1. The van der Waals surface area contributed by atoms with Crippen molar-refractivity contribution in [2.45, 2.75) is 20.4 Å². The number of aryl methyl sites for hydroxylation is 1. The third-order valence-corrected chi connectivity index (χ3v) is 3.00. The summed E-state index contributed by atoms with van der Waals surface area (Å²) in [5.74, 6) is 0.118. The highest BCUT2D eigenvalue weighted by Crippen LogP contribution is 2.13. The van der Waals surface area contributed by atoms with E-state index in [4.69, 9.17) is 16.0 Å². The smallest absolute Gasteiger partial charge is 0.170 e. The Hall–Kier alpha value is -1.59. The summed E-state index contributed by atoms with van der Waals surface area (Å²) in [7, 11) is 0. The number of nitrogens with two attached hydrogens (primary N) is 1. The number of likely N-dealkylation sites (N-methyl/N-ethyl adjacent to an activating group) is 1. The summed E-state index contributed by atoms with van der Waals surface area (Å²) in [6.45, 7) is 6.57. The van der Waals surface area contributed by atoms with E-state index >= 15 is 0 Å². The second-order valence-corrected chi connectivity index (χ2v) is 4.22. The molecule has 0 spiro atoms. The molecule has 5 nitrogen and oxygen atoms in total. The van der Waals surface area contributed by atoms with Crippen molar-refractivity contribution in [3.05, 3.63) is 34.9 Å². The van der Waals surface area contributed by atoms with E-state index in [1.54, 1.807) is 0 Å². The van der Waals surface area contributed by atoms with Gasteiger partial charge in [-0.3, -0.25) is 4.90 Å². The van der Waals surface area contributed by atoms with Crippen molar-refractivity contribution in [3.63, 3.8) is 0 Å². The summed E-state index contributed by atoms with van der Waals surface area (Å²) in [6.07, 6.45) is 0. The summed E-state index contributed by atoms with van der Waals surface area (Å²) in [4.78, 5) is 2.16. The van der Waals surface area contributed by atoms with Gasteiger partial charge < -0.3 is 16.0 Å². The monoisotopic (exact) mass is 251 g/mol. The molecule has 5 heteroatoms. The van der Waals surface area contributed by atoms with Crippen molar-refractivity contribution in [3.8, 4) is 0 Å². The Labute approximate surface area is 108 Å². The van der Waals surface area contributed by atoms with Crippen molar-refractivity contribution in [2.24, 2.45) is 10.9 Å². The molecule has 1 rings (SSSR count). The lowest BCUT2D eigenvalue weighted by molar-refractivity contribution is 0.196. The van der Waals surface area contributed by atoms with Crippen molar-refractivity contribution >= 4 is 5.84 Å². The Kier molecular flexibility index (Phi) is 5.61. The number of hydrogen-bond acceptors (Lipinski definition) is 4. The van der Waals surface area contributed by atoms with Crippen LogP contribution < -0.4 is 5.73 Å². The van der Waals surface area contributed by atoms with Crippen molar-refractivity contribution in [1.29, 1.82) is 0 Å². The SMILES string of the molecule is CCN(CCO)Cc1ccc(/C(N)=N/O)cc1C. The van der Waals surface area contributed by atoms with Crippen LogP contribution in [0.25, 0.3) is 0 Å². The van der Waals surface area contributed by atoms with Crippen LogP contribution in [0.2, 0.25) is 0 Å². The van der Waals surface area contributed by atoms with E-state index in [1.807, 2.05) is 25.1 Å². The standard InChI is InChI=1S/C13H21N3O2/c1-3-16(6-7-17)9-12-5-4-11(8-10(12)2)13(14)15-18/h4-5,8,17-18H,3,6-7,9H2,1-2H3,(H2,14,15). The zero-order valence-electron chi connectivity index (χ0n) is 10.9. The Morgan fingerprint density at radius 1 is 1.44 bits per heavy atom. The van der Waals surface area contributed by atoms with Crippen LogP contribution in [0.3, 0.4) is 0 Å². The summed E-state index contributed by atoms with van der Waals surface area (Å²) >= 11 is 0. The molecule has 0 bridgehead atoms. The molecule has 0 atom stereocenters. The van der Waals surface area contributed by atoms with E-state index in [0.717, 1.165) is 18.7 Å². The first-order valence-corrected chi connectivity index (χ1v) is 6.03. The van der Waals surface area contributed by atoms with Crippen LogP contribution in [0, 0.1) is 6.92 Å². The fourth-order valence-electron chi connectivity index (χ4n) is 1.82. The maximum Gasteiger partial charge on any atom is 0.170 e. The highest BCUT2D eigenvalue weighted by atomic mass is 16.4. The number of aliphatic hydroxyl groups excluding tert-OH is 1. The van der Waals surface area contributed by atoms with E-state index in [-0.39, 0.29) is 12.4 Å². The van der Waals surface area contributed by atoms with Gasteiger partial charge in [-0.2, -0.15) is 0 Å². The first-order chi connectivity index (χ1) is 8.62. The molecule has 1 aromatic carbocycles. The largest absolute Gasteiger partial charge is 0.409 e. The molecule has 4 N–H and O–H groups in total. The van der Waals surface area contributed by atoms with Crippen LogP contribution in [-0.4, -0.2) is 40.7 Å². The minimum Gasteiger partial charge on any atom is -0.409 e. The van der Waals surface area contributed by atoms with Crippen LogP contribution in [-0.2, 0) is 6.54 Å². The van der Waals surface area contributed by atoms with Crippen LogP contribution in [0.4, 0.5) is 0 Å². The van der Waals surface area contributed by atoms with Gasteiger partial charge in [-0.25, -0.2) is 0 Å². The molecule has 0 radical (unpaired) electrons. The Balaban J connectivity index is 2.85. The van der Waals surface area contributed by atoms with Gasteiger partial charge in [0.25, 0.3) is 0 Å². The molecule has 0 fully saturated rings. The van der Waals surface area contributed by atoms with Gasteiger partial charge in [0.15, 0.2) is 5.84 Å². The van der Waals surface area contributed by atoms with Crippen LogP contribution in [0.15, 0.2) is 23.4 Å². The van der Waals surface area contributed by atoms with Crippen molar-refractivity contribution in [2.75, 3.05) is 19.7 Å². The van der Waals surface area contributed by atoms with Gasteiger partial charge in [-0.05, 0) is 30.7 Å². The molecule has 1 aromatic rings. The van der Waals surface area contributed by atoms with Gasteiger partial charge in [-0.1, -0.05) is 24.2 Å². The predicted octanol–water partition coefficient (Wildman–Crippen LogP) is 0.904. The first kappa shape index (κ1) is 14.5. The molecular weight excluding hydrogens is 230 g/mol. The van der Waals surface area contributed by atoms with Gasteiger partial charge in [0, 0.05) is 18.7 Å². The molecule has 0 saturated carbocycles. The average Bonchev–Trinajstić information content (AvgIpc) is 2.39. The summed E-state index contributed by atoms with van der Waals surface area (Å²) < 4.78 is 0. The Bertz CT molecular complexity index is 419. The molecule has 0 aliphatic heterocycles. The lowest BCUT2D eigenvalue weighted by atomic mass is 10.0. The second-order valence-electron chi connectivity index (χ2n) is 4.22. The molecule has 0 unspecified atom stereocenters. The maximum atomic E-state index is 8.96. The zero-order chi connectivity index (χ0) is 13.5. The quantitative estimate of drug-likeness (QED) is 0.304. The number of benzene rings is 1. The van der Waals surface area contributed by atoms with E-state index in [1.165, 1.54) is 5.56 Å². The molecule has 0 aliphatic rings. The van der Waals surface area contributed by atoms with Gasteiger partial charge in [0.05, 0.1) is 6.61 Å². The average molecular weight is 251 g/mol. The molecule has 0 aliphatic carbocycles. The number of nitrogens with zero attached hydrogens (tertiary/aromatic N) is 2. The van der Waals surface area contributed by atoms with E-state index in [9.17, 15) is 0 Å². The zero-order valence-corrected chi connectivity index (χ0v) is 10.9. The second kappa shape index (κ2) is 6.98. The molecule has 0 aromatic heterocycles. The third kappa shape index (κ3) is 3.72. The van der Waals surface area contributed by atoms with Crippen LogP contribution >= 0.6 is 0 Å². The molecule has 0 amide bonds. The number of aliphatic hydroxyl groups is 1. The number of oxime groups is 1. The summed E-state index contributed by atoms with van der Waals surface area (Å²) in [5, 5.41) is 20.6. The van der Waals surface area contributed by atoms with Gasteiger partial charge in [0.1, 0.15) is 0 Å². The lowest BCUT2D eigenvalue weighted by Gasteiger charge is -2.20. The van der Waals surface area contributed by atoms with E-state index < -0.39 is 0 Å². The molecule has 100 valence electrons. The first-order valence-electron chi connectivity index (χ1n) is 6.03. The Morgan fingerprint density at radius 3 is 2.67 bits per heavy atom. The van der Waals surface area contributed by atoms with Crippen LogP contribution in [0.5, 0.6) is 0 Å². The van der Waals surface area contributed by atoms with E-state index in [2.05, 4.69) is 17.0 Å². The lowest BCUT2D eigenvalue weighted by Crippen LogP contribution is -2.26. The van der Waals surface area contributed by atoms with Crippen LogP contribution in [0.1, 0.15) is 23.6 Å². The number of amidine groups is 1. The summed E-state index contributed by atoms with van der Waals surface area (Å²) in [6, 6.07) is 5.71. The third-order valence-electron chi connectivity index (χ3n) is 3.00. The molecular formula is C13H21N3O2. The minimum atomic E-state index is 0.118. The number of hydrogen-bond donors (Lipinski definition) is 3. The van der Waals surface area contributed by atoms with E-state index in [0.29, 0.717) is 12.1 Å². The topological polar surface area (TPSA) is 82.1 Å². The summed E-state index contributed by atoms with van der Waals surface area (Å²) in [5.41, 5.74) is 8.53.